The first-order chi connectivity index (χ1) is 13.4. The van der Waals surface area contributed by atoms with Crippen LogP contribution in [0.1, 0.15) is 21.7 Å². The molecule has 28 heavy (non-hydrogen) atoms. The molecule has 3 rings (SSSR count). The second-order valence-corrected chi connectivity index (χ2v) is 9.15. The van der Waals surface area contributed by atoms with Gasteiger partial charge in [0, 0.05) is 5.56 Å². The Labute approximate surface area is 169 Å². The number of nitrogens with zero attached hydrogens (tertiary/aromatic N) is 2. The van der Waals surface area contributed by atoms with Crippen molar-refractivity contribution >= 4 is 28.1 Å². The standard InChI is InChI=1S/C20H20N2O4S2/c1-12-4-6-16(15(8-12)11-28(25)20-22-21-13(2)27-20)17-9-14(10-19(23)24)5-7-18(17)26-3/h4-9H,10-11H2,1-3H3,(H,23,24). The Morgan fingerprint density at radius 3 is 2.57 bits per heavy atom. The molecule has 0 radical (unpaired) electrons. The van der Waals surface area contributed by atoms with Gasteiger partial charge in [-0.05, 0) is 42.7 Å². The Balaban J connectivity index is 2.05. The normalized spacial score (nSPS) is 12.0. The van der Waals surface area contributed by atoms with Gasteiger partial charge in [0.1, 0.15) is 10.8 Å². The Bertz CT molecular complexity index is 1050. The molecule has 2 aromatic carbocycles. The van der Waals surface area contributed by atoms with E-state index in [-0.39, 0.29) is 12.2 Å². The van der Waals surface area contributed by atoms with Gasteiger partial charge in [0.15, 0.2) is 0 Å². The number of hydrogen-bond acceptors (Lipinski definition) is 6. The lowest BCUT2D eigenvalue weighted by molar-refractivity contribution is -0.136. The van der Waals surface area contributed by atoms with Crippen molar-refractivity contribution in [1.82, 2.24) is 10.2 Å². The lowest BCUT2D eigenvalue weighted by Crippen LogP contribution is -2.02. The predicted octanol–water partition coefficient (Wildman–Crippen LogP) is 3.77. The lowest BCUT2D eigenvalue weighted by atomic mass is 9.95. The van der Waals surface area contributed by atoms with E-state index in [0.29, 0.717) is 15.7 Å². The van der Waals surface area contributed by atoms with Crippen LogP contribution >= 0.6 is 11.3 Å². The molecule has 0 saturated heterocycles. The average molecular weight is 417 g/mol. The van der Waals surface area contributed by atoms with Crippen molar-refractivity contribution in [2.75, 3.05) is 7.11 Å². The maximum Gasteiger partial charge on any atom is 0.307 e. The second-order valence-electron chi connectivity index (χ2n) is 6.34. The van der Waals surface area contributed by atoms with Crippen molar-refractivity contribution in [3.63, 3.8) is 0 Å². The van der Waals surface area contributed by atoms with Crippen LogP contribution in [0, 0.1) is 13.8 Å². The Kier molecular flexibility index (Phi) is 6.21. The number of aryl methyl sites for hydroxylation is 2. The summed E-state index contributed by atoms with van der Waals surface area (Å²) in [6.07, 6.45) is -0.0752. The molecule has 0 spiro atoms. The molecular weight excluding hydrogens is 396 g/mol. The number of carbonyl (C=O) groups is 1. The maximum atomic E-state index is 12.8. The third kappa shape index (κ3) is 4.63. The number of carboxylic acid groups (broad SMARTS) is 1. The van der Waals surface area contributed by atoms with E-state index in [9.17, 15) is 9.00 Å². The molecule has 1 atom stereocenters. The van der Waals surface area contributed by atoms with Crippen LogP contribution in [0.25, 0.3) is 11.1 Å². The molecule has 1 heterocycles. The Morgan fingerprint density at radius 2 is 1.93 bits per heavy atom. The van der Waals surface area contributed by atoms with Gasteiger partial charge in [0.25, 0.3) is 0 Å². The summed E-state index contributed by atoms with van der Waals surface area (Å²) in [5.74, 6) is 0.0302. The zero-order valence-electron chi connectivity index (χ0n) is 15.8. The van der Waals surface area contributed by atoms with Crippen LogP contribution < -0.4 is 4.74 Å². The van der Waals surface area contributed by atoms with Gasteiger partial charge in [0.2, 0.25) is 4.34 Å². The first-order valence-corrected chi connectivity index (χ1v) is 10.7. The Morgan fingerprint density at radius 1 is 1.14 bits per heavy atom. The molecule has 0 bridgehead atoms. The lowest BCUT2D eigenvalue weighted by Gasteiger charge is -2.15. The molecule has 1 unspecified atom stereocenters. The molecule has 0 aliphatic heterocycles. The van der Waals surface area contributed by atoms with Crippen LogP contribution in [0.15, 0.2) is 40.7 Å². The summed E-state index contributed by atoms with van der Waals surface area (Å²) < 4.78 is 18.8. The first-order valence-electron chi connectivity index (χ1n) is 8.54. The van der Waals surface area contributed by atoms with E-state index in [0.717, 1.165) is 27.3 Å². The second kappa shape index (κ2) is 8.62. The molecular formula is C20H20N2O4S2. The Hall–Kier alpha value is -2.58. The van der Waals surface area contributed by atoms with Crippen LogP contribution in [0.2, 0.25) is 0 Å². The highest BCUT2D eigenvalue weighted by molar-refractivity contribution is 7.86. The summed E-state index contributed by atoms with van der Waals surface area (Å²) in [5.41, 5.74) is 4.25. The molecule has 0 aliphatic carbocycles. The zero-order chi connectivity index (χ0) is 20.3. The molecule has 146 valence electrons. The fraction of sp³-hybridized carbons (Fsp3) is 0.250. The number of methoxy groups -OCH3 is 1. The molecule has 6 nitrogen and oxygen atoms in total. The molecule has 3 aromatic rings. The van der Waals surface area contributed by atoms with Crippen molar-refractivity contribution in [1.29, 1.82) is 0 Å². The van der Waals surface area contributed by atoms with Gasteiger partial charge in [-0.2, -0.15) is 0 Å². The zero-order valence-corrected chi connectivity index (χ0v) is 17.4. The highest BCUT2D eigenvalue weighted by atomic mass is 32.2. The third-order valence-electron chi connectivity index (χ3n) is 4.16. The largest absolute Gasteiger partial charge is 0.496 e. The molecule has 1 N–H and O–H groups in total. The number of aliphatic carboxylic acids is 1. The predicted molar refractivity (Wildman–Crippen MR) is 109 cm³/mol. The number of ether oxygens (including phenoxy) is 1. The van der Waals surface area contributed by atoms with E-state index in [1.54, 1.807) is 19.2 Å². The molecule has 0 aliphatic rings. The highest BCUT2D eigenvalue weighted by Crippen LogP contribution is 2.35. The van der Waals surface area contributed by atoms with E-state index in [2.05, 4.69) is 10.2 Å². The van der Waals surface area contributed by atoms with E-state index in [1.807, 2.05) is 38.1 Å². The highest BCUT2D eigenvalue weighted by Gasteiger charge is 2.17. The van der Waals surface area contributed by atoms with E-state index < -0.39 is 16.8 Å². The summed E-state index contributed by atoms with van der Waals surface area (Å²) in [6.45, 7) is 3.80. The van der Waals surface area contributed by atoms with Crippen LogP contribution in [-0.4, -0.2) is 32.6 Å². The number of aromatic nitrogens is 2. The van der Waals surface area contributed by atoms with Gasteiger partial charge in [-0.3, -0.25) is 9.00 Å². The van der Waals surface area contributed by atoms with E-state index in [4.69, 9.17) is 9.84 Å². The maximum absolute atomic E-state index is 12.8. The van der Waals surface area contributed by atoms with Gasteiger partial charge < -0.3 is 9.84 Å². The average Bonchev–Trinajstić information content (AvgIpc) is 3.08. The summed E-state index contributed by atoms with van der Waals surface area (Å²) in [7, 11) is 0.256. The fourth-order valence-electron chi connectivity index (χ4n) is 2.93. The van der Waals surface area contributed by atoms with Gasteiger partial charge in [0.05, 0.1) is 30.1 Å². The van der Waals surface area contributed by atoms with Crippen molar-refractivity contribution in [3.8, 4) is 16.9 Å². The minimum atomic E-state index is -1.32. The summed E-state index contributed by atoms with van der Waals surface area (Å²) in [6, 6.07) is 11.2. The minimum absolute atomic E-state index is 0.0752. The SMILES string of the molecule is COc1ccc(CC(=O)O)cc1-c1ccc(C)cc1CS(=O)c1nnc(C)s1. The summed E-state index contributed by atoms with van der Waals surface area (Å²) >= 11 is 1.33. The van der Waals surface area contributed by atoms with Crippen molar-refractivity contribution in [3.05, 3.63) is 58.1 Å². The number of benzene rings is 2. The molecule has 0 amide bonds. The summed E-state index contributed by atoms with van der Waals surface area (Å²) in [5, 5.41) is 17.8. The van der Waals surface area contributed by atoms with Gasteiger partial charge >= 0.3 is 5.97 Å². The van der Waals surface area contributed by atoms with Gasteiger partial charge in [-0.1, -0.05) is 41.2 Å². The van der Waals surface area contributed by atoms with E-state index in [1.165, 1.54) is 11.3 Å². The van der Waals surface area contributed by atoms with Crippen molar-refractivity contribution in [2.24, 2.45) is 0 Å². The van der Waals surface area contributed by atoms with Crippen molar-refractivity contribution < 1.29 is 18.8 Å². The monoisotopic (exact) mass is 416 g/mol. The topological polar surface area (TPSA) is 89.4 Å². The quantitative estimate of drug-likeness (QED) is 0.631. The number of hydrogen-bond donors (Lipinski definition) is 1. The van der Waals surface area contributed by atoms with Crippen LogP contribution in [0.5, 0.6) is 5.75 Å². The molecule has 1 aromatic heterocycles. The van der Waals surface area contributed by atoms with Crippen LogP contribution in [-0.2, 0) is 27.8 Å². The van der Waals surface area contributed by atoms with Crippen molar-refractivity contribution in [2.45, 2.75) is 30.4 Å². The van der Waals surface area contributed by atoms with Gasteiger partial charge in [-0.15, -0.1) is 10.2 Å². The number of rotatable bonds is 7. The van der Waals surface area contributed by atoms with Gasteiger partial charge in [-0.25, -0.2) is 0 Å². The first kappa shape index (κ1) is 20.2. The number of carboxylic acids is 1. The fourth-order valence-corrected chi connectivity index (χ4v) is 5.03. The van der Waals surface area contributed by atoms with E-state index >= 15 is 0 Å². The molecule has 0 fully saturated rings. The molecule has 0 saturated carbocycles. The molecule has 8 heteroatoms. The van der Waals surface area contributed by atoms with Crippen LogP contribution in [0.3, 0.4) is 0 Å². The smallest absolute Gasteiger partial charge is 0.307 e. The van der Waals surface area contributed by atoms with Crippen LogP contribution in [0.4, 0.5) is 0 Å². The summed E-state index contributed by atoms with van der Waals surface area (Å²) in [4.78, 5) is 11.1. The third-order valence-corrected chi connectivity index (χ3v) is 6.64. The minimum Gasteiger partial charge on any atom is -0.496 e.